The Kier molecular flexibility index (Phi) is 12.5. The number of aromatic hydroxyl groups is 1. The van der Waals surface area contributed by atoms with Gasteiger partial charge in [-0.2, -0.15) is 0 Å². The quantitative estimate of drug-likeness (QED) is 0.492. The Balaban J connectivity index is -0.000000480. The maximum Gasteiger partial charge on any atom is 2.00 e. The molecule has 5 heteroatoms. The number of hydrogen-bond acceptors (Lipinski definition) is 2. The summed E-state index contributed by atoms with van der Waals surface area (Å²) in [5, 5.41) is 9.07. The van der Waals surface area contributed by atoms with Crippen LogP contribution in [-0.2, 0) is 21.1 Å². The van der Waals surface area contributed by atoms with E-state index in [0.717, 1.165) is 5.56 Å². The molecular formula is C10H12Cl2O2Pt. The molecule has 0 aliphatic carbocycles. The zero-order valence-electron chi connectivity index (χ0n) is 8.31. The monoisotopic (exact) mass is 429 g/mol. The van der Waals surface area contributed by atoms with Crippen molar-refractivity contribution >= 4 is 0 Å². The molecule has 0 amide bonds. The van der Waals surface area contributed by atoms with Crippen molar-refractivity contribution in [1.29, 1.82) is 0 Å². The van der Waals surface area contributed by atoms with Crippen LogP contribution < -0.4 is 30.2 Å². The van der Waals surface area contributed by atoms with Crippen molar-refractivity contribution in [2.24, 2.45) is 0 Å². The van der Waals surface area contributed by atoms with Gasteiger partial charge in [0.15, 0.2) is 5.75 Å². The molecule has 0 heterocycles. The summed E-state index contributed by atoms with van der Waals surface area (Å²) in [6.07, 6.45) is 0. The molecule has 0 aliphatic heterocycles. The molecular weight excluding hydrogens is 418 g/mol. The summed E-state index contributed by atoms with van der Waals surface area (Å²) in [6.45, 7) is 4.01. The minimum absolute atomic E-state index is 0. The third-order valence-electron chi connectivity index (χ3n) is 1.76. The van der Waals surface area contributed by atoms with E-state index in [4.69, 9.17) is 5.11 Å². The molecule has 0 atom stereocenters. The second-order valence-corrected chi connectivity index (χ2v) is 3.07. The van der Waals surface area contributed by atoms with Crippen molar-refractivity contribution in [3.8, 4) is 5.75 Å². The smallest absolute Gasteiger partial charge is 1.00 e. The second kappa shape index (κ2) is 9.20. The Hall–Kier alpha value is -0.0417. The number of hydrogen-bond donors (Lipinski definition) is 1. The van der Waals surface area contributed by atoms with Crippen LogP contribution >= 0.6 is 0 Å². The van der Waals surface area contributed by atoms with Crippen LogP contribution in [0.5, 0.6) is 5.75 Å². The van der Waals surface area contributed by atoms with Gasteiger partial charge in [-0.25, -0.2) is 0 Å². The van der Waals surface area contributed by atoms with Crippen molar-refractivity contribution in [2.45, 2.75) is 19.8 Å². The third-order valence-corrected chi connectivity index (χ3v) is 1.76. The van der Waals surface area contributed by atoms with Gasteiger partial charge in [-0.1, -0.05) is 26.0 Å². The molecule has 0 aromatic heterocycles. The van der Waals surface area contributed by atoms with Crippen molar-refractivity contribution in [3.05, 3.63) is 40.1 Å². The normalized spacial score (nSPS) is 8.20. The van der Waals surface area contributed by atoms with Gasteiger partial charge in [0, 0.05) is 0 Å². The molecule has 0 saturated carbocycles. The summed E-state index contributed by atoms with van der Waals surface area (Å²) in [5.41, 5.74) is 0.629. The van der Waals surface area contributed by atoms with Gasteiger partial charge in [0.1, 0.15) is 0 Å². The first-order chi connectivity index (χ1) is 5.61. The number of rotatable bonds is 1. The van der Waals surface area contributed by atoms with E-state index >= 15 is 0 Å². The van der Waals surface area contributed by atoms with Crippen LogP contribution in [0.2, 0.25) is 0 Å². The molecule has 1 aromatic rings. The van der Waals surface area contributed by atoms with Gasteiger partial charge < -0.3 is 29.9 Å². The Morgan fingerprint density at radius 2 is 1.73 bits per heavy atom. The summed E-state index contributed by atoms with van der Waals surface area (Å²) in [5.74, 6) is 0.117. The van der Waals surface area contributed by atoms with Crippen LogP contribution in [0, 0.1) is 0 Å². The molecule has 0 saturated heterocycles. The maximum absolute atomic E-state index is 11.1. The number of halogens is 2. The average molecular weight is 430 g/mol. The predicted molar refractivity (Wildman–Crippen MR) is 48.5 cm³/mol. The minimum atomic E-state index is -0.316. The minimum Gasteiger partial charge on any atom is -1.00 e. The zero-order chi connectivity index (χ0) is 9.14. The first-order valence-corrected chi connectivity index (χ1v) is 3.94. The van der Waals surface area contributed by atoms with Gasteiger partial charge in [0.2, 0.25) is 5.43 Å². The Morgan fingerprint density at radius 1 is 1.20 bits per heavy atom. The maximum atomic E-state index is 11.1. The largest absolute Gasteiger partial charge is 2.00 e. The Labute approximate surface area is 116 Å². The summed E-state index contributed by atoms with van der Waals surface area (Å²) < 4.78 is 0. The fraction of sp³-hybridized carbons (Fsp3) is 0.300. The molecule has 1 N–H and O–H groups in total. The molecule has 0 spiro atoms. The molecule has 0 bridgehead atoms. The van der Waals surface area contributed by atoms with Crippen LogP contribution in [-0.4, -0.2) is 5.11 Å². The SMILES string of the molecule is CC(C)c1cccc(O)c(=O)c1.[Cl-].[Cl-].[Pt+2]. The van der Waals surface area contributed by atoms with E-state index in [0.29, 0.717) is 5.92 Å². The van der Waals surface area contributed by atoms with Gasteiger partial charge in [-0.3, -0.25) is 4.79 Å². The molecule has 0 unspecified atom stereocenters. The molecule has 1 rings (SSSR count). The molecule has 0 fully saturated rings. The molecule has 2 nitrogen and oxygen atoms in total. The fourth-order valence-corrected chi connectivity index (χ4v) is 0.965. The van der Waals surface area contributed by atoms with Crippen molar-refractivity contribution in [2.75, 3.05) is 0 Å². The van der Waals surface area contributed by atoms with E-state index in [9.17, 15) is 4.79 Å². The average Bonchev–Trinajstić information content (AvgIpc) is 2.15. The van der Waals surface area contributed by atoms with Gasteiger partial charge in [-0.05, 0) is 23.6 Å². The van der Waals surface area contributed by atoms with Crippen molar-refractivity contribution < 1.29 is 51.0 Å². The van der Waals surface area contributed by atoms with Gasteiger partial charge in [0.25, 0.3) is 0 Å². The summed E-state index contributed by atoms with van der Waals surface area (Å²) in [7, 11) is 0. The van der Waals surface area contributed by atoms with Gasteiger partial charge in [0.05, 0.1) is 0 Å². The van der Waals surface area contributed by atoms with Crippen LogP contribution in [0.1, 0.15) is 25.3 Å². The molecule has 0 radical (unpaired) electrons. The van der Waals surface area contributed by atoms with Crippen LogP contribution in [0.4, 0.5) is 0 Å². The van der Waals surface area contributed by atoms with Crippen LogP contribution in [0.15, 0.2) is 29.1 Å². The van der Waals surface area contributed by atoms with Gasteiger partial charge in [-0.15, -0.1) is 0 Å². The first kappa shape index (κ1) is 20.4. The van der Waals surface area contributed by atoms with E-state index < -0.39 is 0 Å². The van der Waals surface area contributed by atoms with E-state index in [1.165, 1.54) is 12.1 Å². The molecule has 88 valence electrons. The van der Waals surface area contributed by atoms with Crippen LogP contribution in [0.3, 0.4) is 0 Å². The second-order valence-electron chi connectivity index (χ2n) is 3.07. The molecule has 15 heavy (non-hydrogen) atoms. The standard InChI is InChI=1S/C10H12O2.2ClH.Pt/c1-7(2)8-4-3-5-9(11)10(12)6-8;;;/h3-7H,1-2H3,(H,11,12);2*1H;/q;;;+2/p-2. The Morgan fingerprint density at radius 3 is 2.20 bits per heavy atom. The third kappa shape index (κ3) is 6.19. The first-order valence-electron chi connectivity index (χ1n) is 3.94. The fourth-order valence-electron chi connectivity index (χ4n) is 0.965. The van der Waals surface area contributed by atoms with E-state index in [-0.39, 0.29) is 57.1 Å². The van der Waals surface area contributed by atoms with Gasteiger partial charge >= 0.3 is 21.1 Å². The predicted octanol–water partition coefficient (Wildman–Crippen LogP) is -4.12. The Bertz CT molecular complexity index is 343. The summed E-state index contributed by atoms with van der Waals surface area (Å²) in [4.78, 5) is 11.1. The summed E-state index contributed by atoms with van der Waals surface area (Å²) in [6, 6.07) is 6.41. The van der Waals surface area contributed by atoms with Crippen molar-refractivity contribution in [1.82, 2.24) is 0 Å². The summed E-state index contributed by atoms with van der Waals surface area (Å²) >= 11 is 0. The van der Waals surface area contributed by atoms with E-state index in [2.05, 4.69) is 0 Å². The zero-order valence-corrected chi connectivity index (χ0v) is 12.1. The van der Waals surface area contributed by atoms with E-state index in [1.807, 2.05) is 19.9 Å². The van der Waals surface area contributed by atoms with Crippen molar-refractivity contribution in [3.63, 3.8) is 0 Å². The molecule has 0 aliphatic rings. The van der Waals surface area contributed by atoms with Crippen LogP contribution in [0.25, 0.3) is 0 Å². The van der Waals surface area contributed by atoms with E-state index in [1.54, 1.807) is 6.07 Å². The topological polar surface area (TPSA) is 37.3 Å². The molecule has 1 aromatic carbocycles.